The second-order valence-corrected chi connectivity index (χ2v) is 10.3. The van der Waals surface area contributed by atoms with E-state index < -0.39 is 39.1 Å². The summed E-state index contributed by atoms with van der Waals surface area (Å²) in [5.74, 6) is -1.07. The predicted octanol–water partition coefficient (Wildman–Crippen LogP) is 1.92. The van der Waals surface area contributed by atoms with Crippen molar-refractivity contribution in [3.63, 3.8) is 0 Å². The molecule has 4 rings (SSSR count). The minimum atomic E-state index is -3.48. The van der Waals surface area contributed by atoms with Crippen LogP contribution in [0.15, 0.2) is 24.4 Å². The number of nitrogens with two attached hydrogens (primary N) is 1. The first-order chi connectivity index (χ1) is 13.7. The molecule has 0 saturated carbocycles. The first-order valence-corrected chi connectivity index (χ1v) is 11.0. The van der Waals surface area contributed by atoms with Gasteiger partial charge in [0.25, 0.3) is 10.0 Å². The molecular weight excluding hydrogens is 402 g/mol. The van der Waals surface area contributed by atoms with Gasteiger partial charge in [-0.15, -0.1) is 0 Å². The summed E-state index contributed by atoms with van der Waals surface area (Å²) in [6, 6.07) is 2.78. The molecule has 2 aliphatic heterocycles. The van der Waals surface area contributed by atoms with Crippen molar-refractivity contribution in [3.8, 4) is 0 Å². The van der Waals surface area contributed by atoms with Crippen molar-refractivity contribution in [2.45, 2.75) is 56.8 Å². The topological polar surface area (TPSA) is 90.5 Å². The molecule has 29 heavy (non-hydrogen) atoms. The molecule has 1 aromatic heterocycles. The zero-order valence-corrected chi connectivity index (χ0v) is 17.1. The summed E-state index contributed by atoms with van der Waals surface area (Å²) in [6.07, 6.45) is 1.42. The molecule has 1 saturated heterocycles. The maximum Gasteiger partial charge on any atom is 0.256 e. The van der Waals surface area contributed by atoms with Gasteiger partial charge in [-0.2, -0.15) is 9.19 Å². The van der Waals surface area contributed by atoms with Crippen molar-refractivity contribution in [2.75, 3.05) is 6.61 Å². The Labute approximate surface area is 168 Å². The van der Waals surface area contributed by atoms with Crippen LogP contribution in [0.25, 0.3) is 0 Å². The lowest BCUT2D eigenvalue weighted by Crippen LogP contribution is -2.47. The fraction of sp³-hybridized carbons (Fsp3) is 0.526. The van der Waals surface area contributed by atoms with Crippen LogP contribution >= 0.6 is 0 Å². The standard InChI is InChI=1S/C19H24F2N4O3S/c1-11(2)29(26,27)25-8-12-7-24(9-18(12)23-25)14-6-17(22)19(28-10-14)15-5-13(20)3-4-16(15)21/h3-5,8,11,14,17,19H,6-7,9-10,22H2,1-2H3/t14-,17+,19-/m1/s1. The van der Waals surface area contributed by atoms with Crippen molar-refractivity contribution < 1.29 is 21.9 Å². The predicted molar refractivity (Wildman–Crippen MR) is 102 cm³/mol. The van der Waals surface area contributed by atoms with Gasteiger partial charge in [0.15, 0.2) is 0 Å². The summed E-state index contributed by atoms with van der Waals surface area (Å²) in [7, 11) is -3.48. The van der Waals surface area contributed by atoms with Crippen LogP contribution in [-0.4, -0.2) is 46.4 Å². The van der Waals surface area contributed by atoms with E-state index in [1.807, 2.05) is 0 Å². The van der Waals surface area contributed by atoms with Crippen LogP contribution in [-0.2, 0) is 27.8 Å². The zero-order valence-electron chi connectivity index (χ0n) is 16.3. The highest BCUT2D eigenvalue weighted by Crippen LogP contribution is 2.34. The molecule has 10 heteroatoms. The van der Waals surface area contributed by atoms with Gasteiger partial charge in [0.1, 0.15) is 17.7 Å². The Bertz CT molecular complexity index is 1000. The second-order valence-electron chi connectivity index (χ2n) is 7.95. The molecule has 0 bridgehead atoms. The highest BCUT2D eigenvalue weighted by Gasteiger charge is 2.37. The minimum Gasteiger partial charge on any atom is -0.370 e. The fourth-order valence-electron chi connectivity index (χ4n) is 3.91. The Balaban J connectivity index is 1.44. The molecule has 1 fully saturated rings. The number of rotatable bonds is 4. The highest BCUT2D eigenvalue weighted by atomic mass is 32.2. The summed E-state index contributed by atoms with van der Waals surface area (Å²) in [5, 5.41) is 3.70. The van der Waals surface area contributed by atoms with Crippen LogP contribution in [0.1, 0.15) is 43.2 Å². The van der Waals surface area contributed by atoms with Crippen molar-refractivity contribution in [2.24, 2.45) is 5.73 Å². The second kappa shape index (κ2) is 7.42. The van der Waals surface area contributed by atoms with Gasteiger partial charge in [-0.3, -0.25) is 4.90 Å². The Morgan fingerprint density at radius 1 is 1.28 bits per heavy atom. The van der Waals surface area contributed by atoms with Gasteiger partial charge in [0.2, 0.25) is 0 Å². The van der Waals surface area contributed by atoms with Crippen LogP contribution in [0.3, 0.4) is 0 Å². The van der Waals surface area contributed by atoms with Gasteiger partial charge in [-0.1, -0.05) is 0 Å². The number of benzene rings is 1. The molecule has 158 valence electrons. The lowest BCUT2D eigenvalue weighted by molar-refractivity contribution is -0.0533. The Hall–Kier alpha value is -1.88. The van der Waals surface area contributed by atoms with Gasteiger partial charge in [0, 0.05) is 42.5 Å². The zero-order chi connectivity index (χ0) is 20.9. The van der Waals surface area contributed by atoms with Gasteiger partial charge < -0.3 is 10.5 Å². The minimum absolute atomic E-state index is 0.0118. The molecule has 0 aliphatic carbocycles. The van der Waals surface area contributed by atoms with Gasteiger partial charge in [0.05, 0.1) is 17.6 Å². The first kappa shape index (κ1) is 20.4. The molecule has 3 heterocycles. The number of hydrogen-bond acceptors (Lipinski definition) is 6. The van der Waals surface area contributed by atoms with Crippen molar-refractivity contribution >= 4 is 10.0 Å². The van der Waals surface area contributed by atoms with E-state index in [0.29, 0.717) is 26.1 Å². The largest absolute Gasteiger partial charge is 0.370 e. The Morgan fingerprint density at radius 3 is 2.69 bits per heavy atom. The maximum atomic E-state index is 14.1. The van der Waals surface area contributed by atoms with E-state index in [2.05, 4.69) is 10.00 Å². The van der Waals surface area contributed by atoms with E-state index in [0.717, 1.165) is 33.5 Å². The summed E-state index contributed by atoms with van der Waals surface area (Å²) in [6.45, 7) is 4.60. The number of hydrogen-bond donors (Lipinski definition) is 1. The third-order valence-electron chi connectivity index (χ3n) is 5.62. The van der Waals surface area contributed by atoms with Gasteiger partial charge >= 0.3 is 0 Å². The molecule has 2 aromatic rings. The maximum absolute atomic E-state index is 14.1. The van der Waals surface area contributed by atoms with Crippen molar-refractivity contribution in [3.05, 3.63) is 52.9 Å². The van der Waals surface area contributed by atoms with Crippen LogP contribution in [0.5, 0.6) is 0 Å². The average Bonchev–Trinajstić information content (AvgIpc) is 3.23. The number of nitrogens with zero attached hydrogens (tertiary/aromatic N) is 3. The Kier molecular flexibility index (Phi) is 5.22. The molecular formula is C19H24F2N4O3S. The van der Waals surface area contributed by atoms with E-state index in [4.69, 9.17) is 10.5 Å². The molecule has 2 aliphatic rings. The monoisotopic (exact) mass is 426 g/mol. The van der Waals surface area contributed by atoms with E-state index in [9.17, 15) is 17.2 Å². The summed E-state index contributed by atoms with van der Waals surface area (Å²) >= 11 is 0. The molecule has 2 N–H and O–H groups in total. The molecule has 3 atom stereocenters. The fourth-order valence-corrected chi connectivity index (χ4v) is 4.83. The smallest absolute Gasteiger partial charge is 0.256 e. The highest BCUT2D eigenvalue weighted by molar-refractivity contribution is 7.90. The van der Waals surface area contributed by atoms with E-state index >= 15 is 0 Å². The summed E-state index contributed by atoms with van der Waals surface area (Å²) in [5.41, 5.74) is 7.96. The number of ether oxygens (including phenoxy) is 1. The molecule has 0 radical (unpaired) electrons. The SMILES string of the molecule is CC(C)S(=O)(=O)n1cc2c(n1)CN([C@H]1CO[C@H](c3cc(F)ccc3F)[C@@H](N)C1)C2. The summed E-state index contributed by atoms with van der Waals surface area (Å²) < 4.78 is 59.0. The number of aromatic nitrogens is 2. The lowest BCUT2D eigenvalue weighted by Gasteiger charge is -2.38. The molecule has 0 unspecified atom stereocenters. The summed E-state index contributed by atoms with van der Waals surface area (Å²) in [4.78, 5) is 2.13. The quantitative estimate of drug-likeness (QED) is 0.803. The molecule has 0 spiro atoms. The number of halogens is 2. The third-order valence-corrected chi connectivity index (χ3v) is 7.52. The van der Waals surface area contributed by atoms with E-state index in [1.54, 1.807) is 20.0 Å². The van der Waals surface area contributed by atoms with Gasteiger partial charge in [-0.25, -0.2) is 17.2 Å². The van der Waals surface area contributed by atoms with Crippen LogP contribution in [0.2, 0.25) is 0 Å². The lowest BCUT2D eigenvalue weighted by atomic mass is 9.93. The third kappa shape index (κ3) is 3.70. The van der Waals surface area contributed by atoms with E-state index in [1.165, 1.54) is 0 Å². The molecule has 1 aromatic carbocycles. The van der Waals surface area contributed by atoms with Crippen molar-refractivity contribution in [1.29, 1.82) is 0 Å². The van der Waals surface area contributed by atoms with Crippen LogP contribution < -0.4 is 5.73 Å². The average molecular weight is 426 g/mol. The van der Waals surface area contributed by atoms with Crippen molar-refractivity contribution in [1.82, 2.24) is 14.1 Å². The molecule has 7 nitrogen and oxygen atoms in total. The first-order valence-electron chi connectivity index (χ1n) is 9.55. The Morgan fingerprint density at radius 2 is 2.03 bits per heavy atom. The van der Waals surface area contributed by atoms with E-state index in [-0.39, 0.29) is 11.6 Å². The van der Waals surface area contributed by atoms with Crippen LogP contribution in [0.4, 0.5) is 8.78 Å². The van der Waals surface area contributed by atoms with Gasteiger partial charge in [-0.05, 0) is 38.5 Å². The number of fused-ring (bicyclic) bond motifs is 1. The van der Waals surface area contributed by atoms with Crippen LogP contribution in [0, 0.1) is 11.6 Å². The molecule has 0 amide bonds. The normalized spacial score (nSPS) is 25.5.